The van der Waals surface area contributed by atoms with Gasteiger partial charge in [-0.05, 0) is 11.8 Å². The summed E-state index contributed by atoms with van der Waals surface area (Å²) in [6.45, 7) is 5.73. The zero-order valence-electron chi connectivity index (χ0n) is 9.02. The minimum absolute atomic E-state index is 0.162. The minimum atomic E-state index is -1.14. The predicted octanol–water partition coefficient (Wildman–Crippen LogP) is 1.04. The smallest absolute Gasteiger partial charge is 0.377 e. The van der Waals surface area contributed by atoms with Crippen molar-refractivity contribution in [2.45, 2.75) is 39.4 Å². The minimum Gasteiger partial charge on any atom is -0.505 e. The molecule has 0 aromatic rings. The van der Waals surface area contributed by atoms with Crippen molar-refractivity contribution in [2.75, 3.05) is 0 Å². The fraction of sp³-hybridized carbons (Fsp3) is 0.700. The number of carbonyl (C=O) groups excluding carboxylic acids is 1. The standard InChI is InChI=1S/C10H16O5/c1-10(2,3)4-5(11)8-6(12)7(13)9(14)15-8/h5,8,11-13H,4H2,1-3H3. The highest BCUT2D eigenvalue weighted by atomic mass is 16.6. The summed E-state index contributed by atoms with van der Waals surface area (Å²) in [5.41, 5.74) is -0.162. The number of hydrogen-bond donors (Lipinski definition) is 3. The first-order valence-electron chi connectivity index (χ1n) is 4.73. The second kappa shape index (κ2) is 3.73. The van der Waals surface area contributed by atoms with E-state index >= 15 is 0 Å². The highest BCUT2D eigenvalue weighted by Crippen LogP contribution is 2.28. The van der Waals surface area contributed by atoms with Gasteiger partial charge < -0.3 is 20.1 Å². The van der Waals surface area contributed by atoms with E-state index in [2.05, 4.69) is 4.74 Å². The molecule has 0 saturated heterocycles. The molecule has 1 rings (SSSR count). The van der Waals surface area contributed by atoms with Crippen LogP contribution in [-0.2, 0) is 9.53 Å². The number of ether oxygens (including phenoxy) is 1. The van der Waals surface area contributed by atoms with Gasteiger partial charge in [0.2, 0.25) is 5.76 Å². The van der Waals surface area contributed by atoms with Crippen molar-refractivity contribution in [1.82, 2.24) is 0 Å². The van der Waals surface area contributed by atoms with E-state index < -0.39 is 29.7 Å². The Labute approximate surface area is 88.0 Å². The number of rotatable bonds is 2. The number of hydrogen-bond acceptors (Lipinski definition) is 5. The summed E-state index contributed by atoms with van der Waals surface area (Å²) in [6.07, 6.45) is -1.81. The van der Waals surface area contributed by atoms with Crippen LogP contribution in [-0.4, -0.2) is 33.5 Å². The molecule has 0 fully saturated rings. The van der Waals surface area contributed by atoms with E-state index in [1.165, 1.54) is 0 Å². The van der Waals surface area contributed by atoms with Gasteiger partial charge in [0.15, 0.2) is 11.9 Å². The Morgan fingerprint density at radius 2 is 1.93 bits per heavy atom. The van der Waals surface area contributed by atoms with Gasteiger partial charge in [-0.1, -0.05) is 20.8 Å². The van der Waals surface area contributed by atoms with E-state index in [1.54, 1.807) is 0 Å². The summed E-state index contributed by atoms with van der Waals surface area (Å²) in [6, 6.07) is 0. The number of carbonyl (C=O) groups is 1. The normalized spacial score (nSPS) is 24.3. The molecule has 1 aliphatic rings. The monoisotopic (exact) mass is 216 g/mol. The van der Waals surface area contributed by atoms with Gasteiger partial charge in [0.1, 0.15) is 0 Å². The van der Waals surface area contributed by atoms with Gasteiger partial charge in [0, 0.05) is 0 Å². The Hall–Kier alpha value is -1.23. The van der Waals surface area contributed by atoms with Crippen LogP contribution in [0.25, 0.3) is 0 Å². The molecule has 0 aliphatic carbocycles. The van der Waals surface area contributed by atoms with Gasteiger partial charge in [-0.15, -0.1) is 0 Å². The molecule has 0 aromatic heterocycles. The Morgan fingerprint density at radius 1 is 1.40 bits per heavy atom. The van der Waals surface area contributed by atoms with Gasteiger partial charge >= 0.3 is 5.97 Å². The quantitative estimate of drug-likeness (QED) is 0.600. The zero-order chi connectivity index (χ0) is 11.8. The third-order valence-electron chi connectivity index (χ3n) is 2.11. The number of cyclic esters (lactones) is 1. The molecular weight excluding hydrogens is 200 g/mol. The van der Waals surface area contributed by atoms with Crippen LogP contribution in [0, 0.1) is 5.41 Å². The third kappa shape index (κ3) is 2.62. The lowest BCUT2D eigenvalue weighted by Crippen LogP contribution is -2.32. The maximum atomic E-state index is 10.9. The van der Waals surface area contributed by atoms with Crippen molar-refractivity contribution in [3.05, 3.63) is 11.5 Å². The summed E-state index contributed by atoms with van der Waals surface area (Å²) in [5.74, 6) is -2.39. The SMILES string of the molecule is CC(C)(C)CC(O)C1OC(=O)C(O)=C1O. The molecule has 0 aromatic carbocycles. The Kier molecular flexibility index (Phi) is 2.95. The van der Waals surface area contributed by atoms with Crippen molar-refractivity contribution < 1.29 is 24.9 Å². The van der Waals surface area contributed by atoms with Crippen molar-refractivity contribution in [3.63, 3.8) is 0 Å². The first-order chi connectivity index (χ1) is 6.72. The molecule has 1 heterocycles. The van der Waals surface area contributed by atoms with Gasteiger partial charge in [0.05, 0.1) is 6.10 Å². The molecule has 3 N–H and O–H groups in total. The number of aliphatic hydroxyl groups excluding tert-OH is 3. The number of esters is 1. The summed E-state index contributed by atoms with van der Waals surface area (Å²) >= 11 is 0. The van der Waals surface area contributed by atoms with Crippen molar-refractivity contribution in [3.8, 4) is 0 Å². The van der Waals surface area contributed by atoms with Crippen LogP contribution in [0.5, 0.6) is 0 Å². The number of aliphatic hydroxyl groups is 3. The first kappa shape index (κ1) is 11.8. The largest absolute Gasteiger partial charge is 0.505 e. The molecule has 2 atom stereocenters. The molecule has 86 valence electrons. The van der Waals surface area contributed by atoms with E-state index in [0.29, 0.717) is 6.42 Å². The van der Waals surface area contributed by atoms with Crippen LogP contribution in [0.3, 0.4) is 0 Å². The van der Waals surface area contributed by atoms with Crippen LogP contribution in [0.1, 0.15) is 27.2 Å². The van der Waals surface area contributed by atoms with Crippen molar-refractivity contribution >= 4 is 5.97 Å². The van der Waals surface area contributed by atoms with E-state index in [0.717, 1.165) is 0 Å². The van der Waals surface area contributed by atoms with E-state index in [9.17, 15) is 15.0 Å². The fourth-order valence-corrected chi connectivity index (χ4v) is 1.46. The lowest BCUT2D eigenvalue weighted by molar-refractivity contribution is -0.147. The second-order valence-corrected chi connectivity index (χ2v) is 4.89. The molecule has 2 unspecified atom stereocenters. The van der Waals surface area contributed by atoms with E-state index in [4.69, 9.17) is 5.11 Å². The lowest BCUT2D eigenvalue weighted by atomic mass is 9.87. The van der Waals surface area contributed by atoms with Crippen LogP contribution in [0.2, 0.25) is 0 Å². The molecule has 15 heavy (non-hydrogen) atoms. The van der Waals surface area contributed by atoms with Crippen LogP contribution >= 0.6 is 0 Å². The zero-order valence-corrected chi connectivity index (χ0v) is 9.02. The molecule has 1 aliphatic heterocycles. The second-order valence-electron chi connectivity index (χ2n) is 4.89. The van der Waals surface area contributed by atoms with Crippen LogP contribution < -0.4 is 0 Å². The van der Waals surface area contributed by atoms with Crippen LogP contribution in [0.15, 0.2) is 11.5 Å². The van der Waals surface area contributed by atoms with Gasteiger partial charge in [-0.3, -0.25) is 0 Å². The summed E-state index contributed by atoms with van der Waals surface area (Å²) < 4.78 is 4.63. The average Bonchev–Trinajstić information content (AvgIpc) is 2.30. The van der Waals surface area contributed by atoms with E-state index in [-0.39, 0.29) is 5.41 Å². The highest BCUT2D eigenvalue weighted by Gasteiger charge is 2.40. The molecule has 0 spiro atoms. The van der Waals surface area contributed by atoms with Gasteiger partial charge in [0.25, 0.3) is 0 Å². The molecule has 0 amide bonds. The topological polar surface area (TPSA) is 87.0 Å². The summed E-state index contributed by atoms with van der Waals surface area (Å²) in [7, 11) is 0. The Bertz CT molecular complexity index is 299. The Balaban J connectivity index is 2.72. The summed E-state index contributed by atoms with van der Waals surface area (Å²) in [5, 5.41) is 28.1. The molecule has 5 nitrogen and oxygen atoms in total. The third-order valence-corrected chi connectivity index (χ3v) is 2.11. The molecule has 5 heteroatoms. The van der Waals surface area contributed by atoms with E-state index in [1.807, 2.05) is 20.8 Å². The molecule has 0 saturated carbocycles. The van der Waals surface area contributed by atoms with Crippen molar-refractivity contribution in [2.24, 2.45) is 5.41 Å². The predicted molar refractivity (Wildman–Crippen MR) is 52.2 cm³/mol. The first-order valence-corrected chi connectivity index (χ1v) is 4.73. The van der Waals surface area contributed by atoms with Gasteiger partial charge in [-0.25, -0.2) is 4.79 Å². The van der Waals surface area contributed by atoms with Gasteiger partial charge in [-0.2, -0.15) is 0 Å². The molecule has 0 bridgehead atoms. The maximum Gasteiger partial charge on any atom is 0.377 e. The van der Waals surface area contributed by atoms with Crippen molar-refractivity contribution in [1.29, 1.82) is 0 Å². The van der Waals surface area contributed by atoms with Crippen LogP contribution in [0.4, 0.5) is 0 Å². The lowest BCUT2D eigenvalue weighted by Gasteiger charge is -2.25. The fourth-order valence-electron chi connectivity index (χ4n) is 1.46. The Morgan fingerprint density at radius 3 is 2.27 bits per heavy atom. The molecular formula is C10H16O5. The maximum absolute atomic E-state index is 10.9. The average molecular weight is 216 g/mol. The summed E-state index contributed by atoms with van der Waals surface area (Å²) in [4.78, 5) is 10.9. The molecule has 0 radical (unpaired) electrons. The highest BCUT2D eigenvalue weighted by molar-refractivity contribution is 5.89.